The first-order valence-electron chi connectivity index (χ1n) is 18.3. The van der Waals surface area contributed by atoms with E-state index in [-0.39, 0.29) is 5.41 Å². The first-order chi connectivity index (χ1) is 23.9. The van der Waals surface area contributed by atoms with Gasteiger partial charge < -0.3 is 14.5 Å². The molecule has 6 aromatic rings. The standard InChI is InChI=1S/C44H44N4O/c1-44(2,3)32-17-18-45-42(24-32)48-38-12-5-4-11-36(38)37-16-15-35(26-41(37)48)49-34-10-8-9-33(25-34)46-27-47(40-14-7-6-13-39(40)46)43-30-20-28-19-29(22-30)23-31(43)21-28/h4-18,24-26,28-31,43H,19-23,27H2,1-3H3. The number of nitrogens with zero attached hydrogens (tertiary/aromatic N) is 4. The van der Waals surface area contributed by atoms with Crippen LogP contribution in [0.5, 0.6) is 11.5 Å². The van der Waals surface area contributed by atoms with Gasteiger partial charge in [0.25, 0.3) is 0 Å². The molecule has 0 atom stereocenters. The fourth-order valence-electron chi connectivity index (χ4n) is 10.2. The predicted molar refractivity (Wildman–Crippen MR) is 201 cm³/mol. The first kappa shape index (κ1) is 29.2. The number of ether oxygens (including phenoxy) is 1. The molecule has 5 aliphatic rings. The summed E-state index contributed by atoms with van der Waals surface area (Å²) in [5.74, 6) is 6.23. The highest BCUT2D eigenvalue weighted by atomic mass is 16.5. The average molecular weight is 645 g/mol. The maximum atomic E-state index is 6.69. The first-order valence-corrected chi connectivity index (χ1v) is 18.3. The second-order valence-corrected chi connectivity index (χ2v) is 16.2. The molecule has 1 aliphatic heterocycles. The quantitative estimate of drug-likeness (QED) is 0.187. The highest BCUT2D eigenvalue weighted by molar-refractivity contribution is 6.09. The number of anilines is 3. The lowest BCUT2D eigenvalue weighted by molar-refractivity contribution is -0.00219. The van der Waals surface area contributed by atoms with Gasteiger partial charge in [-0.2, -0.15) is 0 Å². The van der Waals surface area contributed by atoms with Crippen LogP contribution < -0.4 is 14.5 Å². The number of hydrogen-bond donors (Lipinski definition) is 0. The second kappa shape index (κ2) is 10.9. The van der Waals surface area contributed by atoms with E-state index >= 15 is 0 Å². The zero-order valence-electron chi connectivity index (χ0n) is 28.7. The molecule has 2 aromatic heterocycles. The van der Waals surface area contributed by atoms with Gasteiger partial charge in [-0.3, -0.25) is 4.57 Å². The van der Waals surface area contributed by atoms with Crippen LogP contribution in [0.3, 0.4) is 0 Å². The summed E-state index contributed by atoms with van der Waals surface area (Å²) in [6.07, 6.45) is 9.15. The van der Waals surface area contributed by atoms with Crippen molar-refractivity contribution in [2.45, 2.75) is 64.3 Å². The van der Waals surface area contributed by atoms with Crippen molar-refractivity contribution in [2.24, 2.45) is 23.7 Å². The topological polar surface area (TPSA) is 33.5 Å². The van der Waals surface area contributed by atoms with Gasteiger partial charge in [-0.1, -0.05) is 57.2 Å². The largest absolute Gasteiger partial charge is 0.457 e. The molecule has 0 N–H and O–H groups in total. The van der Waals surface area contributed by atoms with Gasteiger partial charge in [-0.25, -0.2) is 4.98 Å². The van der Waals surface area contributed by atoms with Crippen molar-refractivity contribution < 1.29 is 4.74 Å². The molecule has 246 valence electrons. The number of pyridine rings is 1. The van der Waals surface area contributed by atoms with Crippen LogP contribution in [0.25, 0.3) is 27.6 Å². The lowest BCUT2D eigenvalue weighted by Gasteiger charge is -2.57. The van der Waals surface area contributed by atoms with E-state index in [2.05, 4.69) is 138 Å². The van der Waals surface area contributed by atoms with E-state index in [0.717, 1.165) is 58.7 Å². The van der Waals surface area contributed by atoms with E-state index < -0.39 is 0 Å². The molecule has 0 radical (unpaired) electrons. The number of hydrogen-bond acceptors (Lipinski definition) is 4. The molecule has 0 spiro atoms. The Morgan fingerprint density at radius 2 is 1.37 bits per heavy atom. The molecule has 4 saturated carbocycles. The molecule has 5 heteroatoms. The molecule has 4 bridgehead atoms. The van der Waals surface area contributed by atoms with Crippen LogP contribution in [0.4, 0.5) is 17.1 Å². The Balaban J connectivity index is 0.988. The summed E-state index contributed by atoms with van der Waals surface area (Å²) < 4.78 is 8.97. The smallest absolute Gasteiger partial charge is 0.137 e. The van der Waals surface area contributed by atoms with Crippen molar-refractivity contribution in [3.63, 3.8) is 0 Å². The molecule has 0 amide bonds. The minimum atomic E-state index is 0.0260. The predicted octanol–water partition coefficient (Wildman–Crippen LogP) is 11.0. The molecule has 3 heterocycles. The molecule has 11 rings (SSSR count). The minimum absolute atomic E-state index is 0.0260. The SMILES string of the molecule is CC(C)(C)c1ccnc(-n2c3ccccc3c3ccc(Oc4cccc(N5CN(C6C7CC8CC(C7)CC6C8)c6ccccc65)c4)cc32)c1. The summed E-state index contributed by atoms with van der Waals surface area (Å²) in [4.78, 5) is 10.1. The van der Waals surface area contributed by atoms with Crippen molar-refractivity contribution in [2.75, 3.05) is 16.5 Å². The number of para-hydroxylation sites is 3. The van der Waals surface area contributed by atoms with Crippen LogP contribution in [0.2, 0.25) is 0 Å². The lowest BCUT2D eigenvalue weighted by atomic mass is 9.54. The molecule has 4 aromatic carbocycles. The van der Waals surface area contributed by atoms with E-state index in [9.17, 15) is 0 Å². The van der Waals surface area contributed by atoms with Crippen molar-refractivity contribution in [3.8, 4) is 17.3 Å². The molecular weight excluding hydrogens is 601 g/mol. The van der Waals surface area contributed by atoms with Crippen molar-refractivity contribution >= 4 is 38.9 Å². The summed E-state index contributed by atoms with van der Waals surface area (Å²) in [6.45, 7) is 7.65. The van der Waals surface area contributed by atoms with Gasteiger partial charge in [-0.05, 0) is 121 Å². The maximum absolute atomic E-state index is 6.69. The fourth-order valence-corrected chi connectivity index (χ4v) is 10.2. The Morgan fingerprint density at radius 3 is 2.16 bits per heavy atom. The molecule has 49 heavy (non-hydrogen) atoms. The molecule has 0 saturated heterocycles. The van der Waals surface area contributed by atoms with E-state index in [1.54, 1.807) is 0 Å². The number of aromatic nitrogens is 2. The van der Waals surface area contributed by atoms with Crippen LogP contribution >= 0.6 is 0 Å². The fraction of sp³-hybridized carbons (Fsp3) is 0.341. The van der Waals surface area contributed by atoms with Crippen LogP contribution in [-0.4, -0.2) is 22.3 Å². The summed E-state index contributed by atoms with van der Waals surface area (Å²) in [6, 6.07) is 37.8. The normalized spacial score (nSPS) is 24.3. The van der Waals surface area contributed by atoms with Gasteiger partial charge in [0, 0.05) is 40.8 Å². The summed E-state index contributed by atoms with van der Waals surface area (Å²) in [7, 11) is 0. The number of fused-ring (bicyclic) bond motifs is 4. The highest BCUT2D eigenvalue weighted by Gasteiger charge is 2.51. The zero-order valence-corrected chi connectivity index (χ0v) is 28.7. The number of benzene rings is 4. The summed E-state index contributed by atoms with van der Waals surface area (Å²) >= 11 is 0. The summed E-state index contributed by atoms with van der Waals surface area (Å²) in [5, 5.41) is 2.41. The van der Waals surface area contributed by atoms with E-state index in [1.165, 1.54) is 65.5 Å². The van der Waals surface area contributed by atoms with Crippen LogP contribution in [-0.2, 0) is 5.41 Å². The van der Waals surface area contributed by atoms with Crippen molar-refractivity contribution in [3.05, 3.63) is 115 Å². The van der Waals surface area contributed by atoms with Crippen molar-refractivity contribution in [1.29, 1.82) is 0 Å². The van der Waals surface area contributed by atoms with Crippen LogP contribution in [0.15, 0.2) is 109 Å². The van der Waals surface area contributed by atoms with Crippen molar-refractivity contribution in [1.82, 2.24) is 9.55 Å². The number of rotatable bonds is 5. The van der Waals surface area contributed by atoms with Gasteiger partial charge >= 0.3 is 0 Å². The molecule has 4 fully saturated rings. The third-order valence-electron chi connectivity index (χ3n) is 12.2. The minimum Gasteiger partial charge on any atom is -0.457 e. The van der Waals surface area contributed by atoms with E-state index in [0.29, 0.717) is 6.04 Å². The van der Waals surface area contributed by atoms with Gasteiger partial charge in [0.1, 0.15) is 17.3 Å². The second-order valence-electron chi connectivity index (χ2n) is 16.2. The lowest BCUT2D eigenvalue weighted by Crippen LogP contribution is -2.56. The average Bonchev–Trinajstić information content (AvgIpc) is 3.64. The van der Waals surface area contributed by atoms with Gasteiger partial charge in [-0.15, -0.1) is 0 Å². The van der Waals surface area contributed by atoms with Gasteiger partial charge in [0.2, 0.25) is 0 Å². The molecule has 5 nitrogen and oxygen atoms in total. The van der Waals surface area contributed by atoms with Gasteiger partial charge in [0.05, 0.1) is 29.1 Å². The third kappa shape index (κ3) is 4.76. The monoisotopic (exact) mass is 644 g/mol. The molecule has 4 aliphatic carbocycles. The third-order valence-corrected chi connectivity index (χ3v) is 12.2. The van der Waals surface area contributed by atoms with Crippen LogP contribution in [0, 0.1) is 23.7 Å². The zero-order chi connectivity index (χ0) is 32.9. The Kier molecular flexibility index (Phi) is 6.47. The summed E-state index contributed by atoms with van der Waals surface area (Å²) in [5.41, 5.74) is 7.41. The Morgan fingerprint density at radius 1 is 0.653 bits per heavy atom. The molecular formula is C44H44N4O. The van der Waals surface area contributed by atoms with E-state index in [1.807, 2.05) is 6.20 Å². The Bertz CT molecular complexity index is 2200. The Labute approximate surface area is 289 Å². The molecule has 0 unspecified atom stereocenters. The van der Waals surface area contributed by atoms with E-state index in [4.69, 9.17) is 9.72 Å². The maximum Gasteiger partial charge on any atom is 0.137 e. The van der Waals surface area contributed by atoms with Crippen LogP contribution in [0.1, 0.15) is 58.4 Å². The highest BCUT2D eigenvalue weighted by Crippen LogP contribution is 2.57. The van der Waals surface area contributed by atoms with Gasteiger partial charge in [0.15, 0.2) is 0 Å². The Hall–Kier alpha value is -4.77.